The van der Waals surface area contributed by atoms with Crippen LogP contribution in [0.5, 0.6) is 0 Å². The molecule has 0 bridgehead atoms. The maximum Gasteiger partial charge on any atom is 0.295 e. The highest BCUT2D eigenvalue weighted by atomic mass is 32.2. The fourth-order valence-corrected chi connectivity index (χ4v) is 3.36. The molecule has 13 heteroatoms. The lowest BCUT2D eigenvalue weighted by Gasteiger charge is -2.16. The number of carbonyl (C=O) groups excluding carboxylic acids is 1. The van der Waals surface area contributed by atoms with Crippen LogP contribution >= 0.6 is 0 Å². The highest BCUT2D eigenvalue weighted by Gasteiger charge is 2.28. The molecule has 3 aromatic rings. The Balaban J connectivity index is 1.94. The summed E-state index contributed by atoms with van der Waals surface area (Å²) >= 11 is 0. The van der Waals surface area contributed by atoms with Gasteiger partial charge in [0.1, 0.15) is 11.2 Å². The number of hydrogen-bond donors (Lipinski definition) is 2. The number of hydrogen-bond acceptors (Lipinski definition) is 7. The first kappa shape index (κ1) is 20.4. The lowest BCUT2D eigenvalue weighted by atomic mass is 10.1. The quantitative estimate of drug-likeness (QED) is 0.570. The molecule has 1 aromatic carbocycles. The van der Waals surface area contributed by atoms with Gasteiger partial charge < -0.3 is 5.32 Å². The van der Waals surface area contributed by atoms with E-state index in [0.29, 0.717) is 0 Å². The number of amides is 1. The average molecular weight is 424 g/mol. The predicted molar refractivity (Wildman–Crippen MR) is 94.0 cm³/mol. The third-order valence-electron chi connectivity index (χ3n) is 3.86. The van der Waals surface area contributed by atoms with Crippen LogP contribution in [0.15, 0.2) is 47.9 Å². The van der Waals surface area contributed by atoms with Crippen molar-refractivity contribution in [1.29, 1.82) is 0 Å². The van der Waals surface area contributed by atoms with Crippen LogP contribution in [0.3, 0.4) is 0 Å². The molecule has 3 rings (SSSR count). The minimum atomic E-state index is -4.95. The molecule has 2 N–H and O–H groups in total. The highest BCUT2D eigenvalue weighted by molar-refractivity contribution is 7.85. The third kappa shape index (κ3) is 4.25. The van der Waals surface area contributed by atoms with Crippen molar-refractivity contribution < 1.29 is 26.5 Å². The molecule has 0 saturated heterocycles. The summed E-state index contributed by atoms with van der Waals surface area (Å²) in [5.41, 5.74) is -1.68. The molecule has 0 fully saturated rings. The molecule has 1 atom stereocenters. The van der Waals surface area contributed by atoms with E-state index < -0.39 is 44.5 Å². The van der Waals surface area contributed by atoms with Crippen molar-refractivity contribution in [1.82, 2.24) is 30.0 Å². The van der Waals surface area contributed by atoms with Gasteiger partial charge in [-0.25, -0.2) is 23.7 Å². The number of nitrogens with zero attached hydrogens (tertiary/aromatic N) is 5. The predicted octanol–water partition coefficient (Wildman–Crippen LogP) is 1.73. The molecule has 1 amide bonds. The molecule has 29 heavy (non-hydrogen) atoms. The van der Waals surface area contributed by atoms with Crippen LogP contribution in [-0.2, 0) is 10.1 Å². The smallest absolute Gasteiger partial charge is 0.295 e. The van der Waals surface area contributed by atoms with Crippen LogP contribution in [0, 0.1) is 0 Å². The van der Waals surface area contributed by atoms with E-state index in [4.69, 9.17) is 0 Å². The second-order valence-corrected chi connectivity index (χ2v) is 7.16. The number of alkyl halides is 2. The van der Waals surface area contributed by atoms with Crippen LogP contribution < -0.4 is 5.32 Å². The summed E-state index contributed by atoms with van der Waals surface area (Å²) in [7, 11) is -4.95. The molecule has 152 valence electrons. The van der Waals surface area contributed by atoms with Gasteiger partial charge >= 0.3 is 0 Å². The zero-order valence-electron chi connectivity index (χ0n) is 14.8. The van der Waals surface area contributed by atoms with Gasteiger partial charge in [0.25, 0.3) is 28.4 Å². The molecule has 0 saturated carbocycles. The Hall–Kier alpha value is -3.32. The Kier molecular flexibility index (Phi) is 5.61. The first-order valence-corrected chi connectivity index (χ1v) is 9.51. The Morgan fingerprint density at radius 3 is 2.48 bits per heavy atom. The van der Waals surface area contributed by atoms with Crippen LogP contribution in [0.25, 0.3) is 5.95 Å². The van der Waals surface area contributed by atoms with Gasteiger partial charge in [0.05, 0.1) is 11.6 Å². The fraction of sp³-hybridized carbons (Fsp3) is 0.188. The Morgan fingerprint density at radius 2 is 1.86 bits per heavy atom. The van der Waals surface area contributed by atoms with Crippen molar-refractivity contribution in [2.45, 2.75) is 24.3 Å². The summed E-state index contributed by atoms with van der Waals surface area (Å²) in [5, 5.41) is 6.43. The summed E-state index contributed by atoms with van der Waals surface area (Å²) in [4.78, 5) is 23.6. The number of halogens is 2. The normalized spacial score (nSPS) is 12.7. The molecule has 10 nitrogen and oxygen atoms in total. The second-order valence-electron chi connectivity index (χ2n) is 5.77. The first-order chi connectivity index (χ1) is 13.7. The summed E-state index contributed by atoms with van der Waals surface area (Å²) in [6, 6.07) is 3.67. The molecule has 0 radical (unpaired) electrons. The van der Waals surface area contributed by atoms with Crippen molar-refractivity contribution >= 4 is 16.0 Å². The topological polar surface area (TPSA) is 140 Å². The molecule has 0 aliphatic rings. The minimum Gasteiger partial charge on any atom is -0.342 e. The van der Waals surface area contributed by atoms with E-state index >= 15 is 0 Å². The Bertz CT molecular complexity index is 1140. The van der Waals surface area contributed by atoms with Gasteiger partial charge in [-0.05, 0) is 25.1 Å². The van der Waals surface area contributed by atoms with Crippen molar-refractivity contribution in [3.05, 3.63) is 59.9 Å². The standard InChI is InChI=1S/C16H14F2N6O4S/c1-9(14-21-8-22-24(14)16-19-6-3-7-20-16)23-15(25)10-4-2-5-11(29(26,27)28)12(10)13(17)18/h2-9,13H,1H3,(H,23,25)(H,26,27,28). The summed E-state index contributed by atoms with van der Waals surface area (Å²) in [6.07, 6.45) is 0.850. The number of benzene rings is 1. The van der Waals surface area contributed by atoms with Gasteiger partial charge in [0, 0.05) is 18.0 Å². The van der Waals surface area contributed by atoms with E-state index in [2.05, 4.69) is 25.4 Å². The fourth-order valence-electron chi connectivity index (χ4n) is 2.63. The SMILES string of the molecule is CC(NC(=O)c1cccc(S(=O)(=O)O)c1C(F)F)c1ncnn1-c1ncccn1. The average Bonchev–Trinajstić information content (AvgIpc) is 3.17. The lowest BCUT2D eigenvalue weighted by molar-refractivity contribution is 0.0922. The molecular formula is C16H14F2N6O4S. The molecule has 0 spiro atoms. The van der Waals surface area contributed by atoms with Crippen LogP contribution in [0.1, 0.15) is 41.1 Å². The lowest BCUT2D eigenvalue weighted by Crippen LogP contribution is -2.30. The summed E-state index contributed by atoms with van der Waals surface area (Å²) < 4.78 is 60.2. The number of aromatic nitrogens is 5. The van der Waals surface area contributed by atoms with Gasteiger partial charge in [0.15, 0.2) is 5.82 Å². The van der Waals surface area contributed by atoms with Crippen LogP contribution in [0.4, 0.5) is 8.78 Å². The largest absolute Gasteiger partial charge is 0.342 e. The maximum atomic E-state index is 13.5. The molecule has 2 heterocycles. The monoisotopic (exact) mass is 424 g/mol. The second kappa shape index (κ2) is 7.97. The van der Waals surface area contributed by atoms with Crippen molar-refractivity contribution in [2.24, 2.45) is 0 Å². The van der Waals surface area contributed by atoms with E-state index in [1.165, 1.54) is 30.3 Å². The minimum absolute atomic E-state index is 0.183. The number of rotatable bonds is 6. The number of nitrogens with one attached hydrogen (secondary N) is 1. The van der Waals surface area contributed by atoms with Crippen LogP contribution in [-0.4, -0.2) is 43.6 Å². The Labute approximate surface area is 163 Å². The molecule has 2 aromatic heterocycles. The van der Waals surface area contributed by atoms with Gasteiger partial charge in [-0.2, -0.15) is 18.2 Å². The van der Waals surface area contributed by atoms with Crippen LogP contribution in [0.2, 0.25) is 0 Å². The summed E-state index contributed by atoms with van der Waals surface area (Å²) in [5.74, 6) is -0.585. The van der Waals surface area contributed by atoms with Gasteiger partial charge in [-0.1, -0.05) is 6.07 Å². The van der Waals surface area contributed by atoms with E-state index in [1.54, 1.807) is 6.07 Å². The van der Waals surface area contributed by atoms with Gasteiger partial charge in [-0.3, -0.25) is 9.35 Å². The maximum absolute atomic E-state index is 13.5. The zero-order valence-corrected chi connectivity index (χ0v) is 15.6. The van der Waals surface area contributed by atoms with E-state index in [0.717, 1.165) is 18.2 Å². The highest BCUT2D eigenvalue weighted by Crippen LogP contribution is 2.30. The number of carbonyl (C=O) groups is 1. The third-order valence-corrected chi connectivity index (χ3v) is 4.77. The van der Waals surface area contributed by atoms with E-state index in [1.807, 2.05) is 0 Å². The molecule has 0 aliphatic carbocycles. The van der Waals surface area contributed by atoms with Crippen molar-refractivity contribution in [3.8, 4) is 5.95 Å². The first-order valence-electron chi connectivity index (χ1n) is 8.07. The van der Waals surface area contributed by atoms with E-state index in [-0.39, 0.29) is 11.8 Å². The molecular weight excluding hydrogens is 410 g/mol. The van der Waals surface area contributed by atoms with Gasteiger partial charge in [0.2, 0.25) is 0 Å². The Morgan fingerprint density at radius 1 is 1.17 bits per heavy atom. The molecule has 1 unspecified atom stereocenters. The van der Waals surface area contributed by atoms with Crippen molar-refractivity contribution in [2.75, 3.05) is 0 Å². The van der Waals surface area contributed by atoms with E-state index in [9.17, 15) is 26.5 Å². The van der Waals surface area contributed by atoms with Gasteiger partial charge in [-0.15, -0.1) is 0 Å². The molecule has 0 aliphatic heterocycles. The van der Waals surface area contributed by atoms with Crippen molar-refractivity contribution in [3.63, 3.8) is 0 Å². The zero-order chi connectivity index (χ0) is 21.2. The summed E-state index contributed by atoms with van der Waals surface area (Å²) in [6.45, 7) is 1.52.